The van der Waals surface area contributed by atoms with Crippen LogP contribution in [-0.2, 0) is 0 Å². The second-order valence-electron chi connectivity index (χ2n) is 5.02. The van der Waals surface area contributed by atoms with E-state index in [1.807, 2.05) is 12.1 Å². The highest BCUT2D eigenvalue weighted by molar-refractivity contribution is 5.30. The Morgan fingerprint density at radius 3 is 3.00 bits per heavy atom. The van der Waals surface area contributed by atoms with Crippen LogP contribution in [0.1, 0.15) is 37.3 Å². The topological polar surface area (TPSA) is 47.3 Å². The Kier molecular flexibility index (Phi) is 5.43. The van der Waals surface area contributed by atoms with E-state index in [2.05, 4.69) is 23.5 Å². The van der Waals surface area contributed by atoms with Gasteiger partial charge in [0.05, 0.1) is 7.11 Å². The van der Waals surface area contributed by atoms with Crippen LogP contribution in [0.4, 0.5) is 0 Å². The highest BCUT2D eigenvalue weighted by Crippen LogP contribution is 2.21. The van der Waals surface area contributed by atoms with Crippen LogP contribution in [-0.4, -0.2) is 20.2 Å². The lowest BCUT2D eigenvalue weighted by Crippen LogP contribution is -2.29. The third-order valence-corrected chi connectivity index (χ3v) is 3.70. The van der Waals surface area contributed by atoms with Crippen molar-refractivity contribution in [3.8, 4) is 5.75 Å². The standard InChI is InChI=1S/C16H24N2O/c1-19-15-8-4-7-14(11-15)16(12-17)18-10-9-13-5-2-3-6-13/h4-5,7-8,11,16,18H,2-3,6,9-10,12,17H2,1H3. The Morgan fingerprint density at radius 1 is 1.42 bits per heavy atom. The van der Waals surface area contributed by atoms with Gasteiger partial charge in [-0.1, -0.05) is 23.8 Å². The minimum absolute atomic E-state index is 0.206. The van der Waals surface area contributed by atoms with Crippen molar-refractivity contribution >= 4 is 0 Å². The molecule has 0 aromatic heterocycles. The van der Waals surface area contributed by atoms with E-state index in [0.29, 0.717) is 6.54 Å². The van der Waals surface area contributed by atoms with Crippen molar-refractivity contribution in [2.45, 2.75) is 31.7 Å². The van der Waals surface area contributed by atoms with Gasteiger partial charge in [0, 0.05) is 12.6 Å². The predicted molar refractivity (Wildman–Crippen MR) is 79.3 cm³/mol. The molecule has 3 nitrogen and oxygen atoms in total. The van der Waals surface area contributed by atoms with Crippen LogP contribution >= 0.6 is 0 Å². The van der Waals surface area contributed by atoms with Gasteiger partial charge in [0.25, 0.3) is 0 Å². The van der Waals surface area contributed by atoms with Gasteiger partial charge in [-0.25, -0.2) is 0 Å². The van der Waals surface area contributed by atoms with Gasteiger partial charge in [0.15, 0.2) is 0 Å². The van der Waals surface area contributed by atoms with E-state index in [4.69, 9.17) is 10.5 Å². The Balaban J connectivity index is 1.87. The Hall–Kier alpha value is -1.32. The highest BCUT2D eigenvalue weighted by atomic mass is 16.5. The van der Waals surface area contributed by atoms with Gasteiger partial charge in [-0.3, -0.25) is 0 Å². The second kappa shape index (κ2) is 7.31. The van der Waals surface area contributed by atoms with E-state index >= 15 is 0 Å². The normalized spacial score (nSPS) is 16.2. The molecule has 104 valence electrons. The molecule has 2 rings (SSSR count). The average Bonchev–Trinajstić information content (AvgIpc) is 2.97. The fourth-order valence-corrected chi connectivity index (χ4v) is 2.57. The number of allylic oxidation sites excluding steroid dienone is 1. The molecule has 1 aromatic rings. The van der Waals surface area contributed by atoms with Crippen molar-refractivity contribution in [1.29, 1.82) is 0 Å². The first kappa shape index (κ1) is 14.1. The number of methoxy groups -OCH3 is 1. The highest BCUT2D eigenvalue weighted by Gasteiger charge is 2.10. The van der Waals surface area contributed by atoms with Crippen LogP contribution in [0, 0.1) is 0 Å². The maximum absolute atomic E-state index is 5.87. The van der Waals surface area contributed by atoms with Crippen LogP contribution in [0.3, 0.4) is 0 Å². The molecule has 1 aromatic carbocycles. The van der Waals surface area contributed by atoms with Crippen LogP contribution in [0.25, 0.3) is 0 Å². The zero-order chi connectivity index (χ0) is 13.5. The van der Waals surface area contributed by atoms with Crippen molar-refractivity contribution in [3.63, 3.8) is 0 Å². The zero-order valence-electron chi connectivity index (χ0n) is 11.7. The second-order valence-corrected chi connectivity index (χ2v) is 5.02. The summed E-state index contributed by atoms with van der Waals surface area (Å²) in [5.41, 5.74) is 8.66. The van der Waals surface area contributed by atoms with Gasteiger partial charge >= 0.3 is 0 Å². The number of hydrogen-bond donors (Lipinski definition) is 2. The molecule has 1 atom stereocenters. The number of rotatable bonds is 7. The summed E-state index contributed by atoms with van der Waals surface area (Å²) >= 11 is 0. The molecule has 0 saturated heterocycles. The summed E-state index contributed by atoms with van der Waals surface area (Å²) in [6.07, 6.45) is 7.37. The summed E-state index contributed by atoms with van der Waals surface area (Å²) < 4.78 is 5.26. The summed E-state index contributed by atoms with van der Waals surface area (Å²) in [7, 11) is 1.69. The molecule has 1 aliphatic rings. The largest absolute Gasteiger partial charge is 0.497 e. The van der Waals surface area contributed by atoms with E-state index in [1.165, 1.54) is 24.8 Å². The van der Waals surface area contributed by atoms with Crippen molar-refractivity contribution < 1.29 is 4.74 Å². The first-order valence-corrected chi connectivity index (χ1v) is 7.09. The smallest absolute Gasteiger partial charge is 0.119 e. The predicted octanol–water partition coefficient (Wildman–Crippen LogP) is 2.79. The average molecular weight is 260 g/mol. The number of nitrogens with one attached hydrogen (secondary N) is 1. The molecular formula is C16H24N2O. The molecule has 19 heavy (non-hydrogen) atoms. The number of ether oxygens (including phenoxy) is 1. The van der Waals surface area contributed by atoms with Crippen molar-refractivity contribution in [2.24, 2.45) is 5.73 Å². The molecular weight excluding hydrogens is 236 g/mol. The Morgan fingerprint density at radius 2 is 2.32 bits per heavy atom. The summed E-state index contributed by atoms with van der Waals surface area (Å²) in [5.74, 6) is 0.885. The van der Waals surface area contributed by atoms with Gasteiger partial charge in [-0.05, 0) is 49.9 Å². The van der Waals surface area contributed by atoms with Crippen LogP contribution in [0.2, 0.25) is 0 Å². The number of hydrogen-bond acceptors (Lipinski definition) is 3. The van der Waals surface area contributed by atoms with Gasteiger partial charge in [-0.15, -0.1) is 0 Å². The fraction of sp³-hybridized carbons (Fsp3) is 0.500. The molecule has 0 amide bonds. The maximum atomic E-state index is 5.87. The first-order chi connectivity index (χ1) is 9.33. The molecule has 3 heteroatoms. The first-order valence-electron chi connectivity index (χ1n) is 7.09. The molecule has 1 unspecified atom stereocenters. The quantitative estimate of drug-likeness (QED) is 0.741. The number of nitrogens with two attached hydrogens (primary N) is 1. The molecule has 0 saturated carbocycles. The molecule has 0 spiro atoms. The molecule has 3 N–H and O–H groups in total. The van der Waals surface area contributed by atoms with Crippen LogP contribution < -0.4 is 15.8 Å². The summed E-state index contributed by atoms with van der Waals surface area (Å²) in [5, 5.41) is 3.54. The fourth-order valence-electron chi connectivity index (χ4n) is 2.57. The Bertz CT molecular complexity index is 429. The lowest BCUT2D eigenvalue weighted by atomic mass is 10.1. The van der Waals surface area contributed by atoms with E-state index in [-0.39, 0.29) is 6.04 Å². The van der Waals surface area contributed by atoms with Gasteiger partial charge in [0.2, 0.25) is 0 Å². The van der Waals surface area contributed by atoms with Gasteiger partial charge in [-0.2, -0.15) is 0 Å². The Labute approximate surface area is 115 Å². The lowest BCUT2D eigenvalue weighted by molar-refractivity contribution is 0.413. The third-order valence-electron chi connectivity index (χ3n) is 3.70. The zero-order valence-corrected chi connectivity index (χ0v) is 11.7. The minimum Gasteiger partial charge on any atom is -0.497 e. The molecule has 0 fully saturated rings. The van der Waals surface area contributed by atoms with Crippen LogP contribution in [0.5, 0.6) is 5.75 Å². The molecule has 1 aliphatic carbocycles. The van der Waals surface area contributed by atoms with E-state index < -0.39 is 0 Å². The van der Waals surface area contributed by atoms with Gasteiger partial charge in [0.1, 0.15) is 5.75 Å². The molecule has 0 bridgehead atoms. The van der Waals surface area contributed by atoms with E-state index in [9.17, 15) is 0 Å². The van der Waals surface area contributed by atoms with Crippen molar-refractivity contribution in [2.75, 3.05) is 20.2 Å². The van der Waals surface area contributed by atoms with Gasteiger partial charge < -0.3 is 15.8 Å². The van der Waals surface area contributed by atoms with E-state index in [1.54, 1.807) is 12.7 Å². The SMILES string of the molecule is COc1cccc(C(CN)NCCC2=CCCC2)c1. The summed E-state index contributed by atoms with van der Waals surface area (Å²) in [6, 6.07) is 8.33. The van der Waals surface area contributed by atoms with Crippen molar-refractivity contribution in [1.82, 2.24) is 5.32 Å². The van der Waals surface area contributed by atoms with Crippen molar-refractivity contribution in [3.05, 3.63) is 41.5 Å². The minimum atomic E-state index is 0.206. The van der Waals surface area contributed by atoms with E-state index in [0.717, 1.165) is 18.7 Å². The summed E-state index contributed by atoms with van der Waals surface area (Å²) in [6.45, 7) is 1.59. The summed E-state index contributed by atoms with van der Waals surface area (Å²) in [4.78, 5) is 0. The molecule has 0 heterocycles. The third kappa shape index (κ3) is 4.08. The van der Waals surface area contributed by atoms with Crippen LogP contribution in [0.15, 0.2) is 35.9 Å². The number of benzene rings is 1. The maximum Gasteiger partial charge on any atom is 0.119 e. The molecule has 0 aliphatic heterocycles. The lowest BCUT2D eigenvalue weighted by Gasteiger charge is -2.18. The monoisotopic (exact) mass is 260 g/mol. The molecule has 0 radical (unpaired) electrons.